The fraction of sp³-hybridized carbons (Fsp3) is 0.933. The standard InChI is InChI=1S/C15H30N2O3/c1-11(7-8-18)10-16-12-5-6-13(9-12)17-14(19)20-15(2,3)4/h11-13,16,18H,5-10H2,1-4H3,(H,17,19). The molecule has 0 aromatic carbocycles. The Balaban J connectivity index is 2.21. The van der Waals surface area contributed by atoms with Crippen molar-refractivity contribution in [2.24, 2.45) is 5.92 Å². The number of rotatable bonds is 6. The van der Waals surface area contributed by atoms with Crippen molar-refractivity contribution in [3.63, 3.8) is 0 Å². The number of carbonyl (C=O) groups is 1. The Bertz CT molecular complexity index is 302. The maximum Gasteiger partial charge on any atom is 0.407 e. The van der Waals surface area contributed by atoms with Gasteiger partial charge in [0, 0.05) is 18.7 Å². The van der Waals surface area contributed by atoms with Crippen molar-refractivity contribution >= 4 is 6.09 Å². The highest BCUT2D eigenvalue weighted by atomic mass is 16.6. The summed E-state index contributed by atoms with van der Waals surface area (Å²) in [6.45, 7) is 8.91. The summed E-state index contributed by atoms with van der Waals surface area (Å²) in [6, 6.07) is 0.659. The summed E-state index contributed by atoms with van der Waals surface area (Å²) in [5.74, 6) is 0.484. The highest BCUT2D eigenvalue weighted by molar-refractivity contribution is 5.68. The number of aliphatic hydroxyl groups is 1. The second-order valence-corrected chi connectivity index (χ2v) is 6.88. The van der Waals surface area contributed by atoms with Gasteiger partial charge < -0.3 is 20.5 Å². The lowest BCUT2D eigenvalue weighted by molar-refractivity contribution is 0.0505. The van der Waals surface area contributed by atoms with E-state index in [1.54, 1.807) is 0 Å². The number of amides is 1. The van der Waals surface area contributed by atoms with Gasteiger partial charge in [-0.25, -0.2) is 4.79 Å². The van der Waals surface area contributed by atoms with Gasteiger partial charge in [-0.2, -0.15) is 0 Å². The molecule has 1 fully saturated rings. The van der Waals surface area contributed by atoms with Crippen molar-refractivity contribution in [1.29, 1.82) is 0 Å². The third kappa shape index (κ3) is 7.10. The summed E-state index contributed by atoms with van der Waals surface area (Å²) in [4.78, 5) is 11.7. The Hall–Kier alpha value is -0.810. The minimum absolute atomic E-state index is 0.204. The summed E-state index contributed by atoms with van der Waals surface area (Å²) >= 11 is 0. The molecule has 5 nitrogen and oxygen atoms in total. The number of hydrogen-bond acceptors (Lipinski definition) is 4. The maximum absolute atomic E-state index is 11.7. The van der Waals surface area contributed by atoms with Gasteiger partial charge in [-0.1, -0.05) is 6.92 Å². The van der Waals surface area contributed by atoms with E-state index >= 15 is 0 Å². The number of hydrogen-bond donors (Lipinski definition) is 3. The fourth-order valence-corrected chi connectivity index (χ4v) is 2.46. The number of ether oxygens (including phenoxy) is 1. The van der Waals surface area contributed by atoms with E-state index in [1.807, 2.05) is 20.8 Å². The van der Waals surface area contributed by atoms with Gasteiger partial charge in [0.05, 0.1) is 0 Å². The molecular weight excluding hydrogens is 256 g/mol. The summed E-state index contributed by atoms with van der Waals surface area (Å²) in [5, 5.41) is 15.3. The van der Waals surface area contributed by atoms with Crippen LogP contribution in [0.15, 0.2) is 0 Å². The van der Waals surface area contributed by atoms with E-state index in [-0.39, 0.29) is 18.7 Å². The largest absolute Gasteiger partial charge is 0.444 e. The lowest BCUT2D eigenvalue weighted by Gasteiger charge is -2.22. The fourth-order valence-electron chi connectivity index (χ4n) is 2.46. The molecule has 1 amide bonds. The Morgan fingerprint density at radius 2 is 2.00 bits per heavy atom. The third-order valence-electron chi connectivity index (χ3n) is 3.53. The minimum Gasteiger partial charge on any atom is -0.444 e. The van der Waals surface area contributed by atoms with Crippen molar-refractivity contribution in [2.45, 2.75) is 71.1 Å². The topological polar surface area (TPSA) is 70.6 Å². The molecule has 0 aromatic rings. The van der Waals surface area contributed by atoms with Gasteiger partial charge in [-0.3, -0.25) is 0 Å². The summed E-state index contributed by atoms with van der Waals surface area (Å²) in [6.07, 6.45) is 3.53. The number of carbonyl (C=O) groups excluding carboxylic acids is 1. The van der Waals surface area contributed by atoms with Gasteiger partial charge in [0.2, 0.25) is 0 Å². The third-order valence-corrected chi connectivity index (χ3v) is 3.53. The predicted molar refractivity (Wildman–Crippen MR) is 79.7 cm³/mol. The second kappa shape index (κ2) is 7.84. The summed E-state index contributed by atoms with van der Waals surface area (Å²) in [7, 11) is 0. The molecule has 0 spiro atoms. The Morgan fingerprint density at radius 3 is 2.60 bits per heavy atom. The van der Waals surface area contributed by atoms with Crippen molar-refractivity contribution in [2.75, 3.05) is 13.2 Å². The highest BCUT2D eigenvalue weighted by Gasteiger charge is 2.27. The molecule has 5 heteroatoms. The van der Waals surface area contributed by atoms with Crippen LogP contribution in [0.1, 0.15) is 53.4 Å². The van der Waals surface area contributed by atoms with Crippen LogP contribution >= 0.6 is 0 Å². The molecular formula is C15H30N2O3. The van der Waals surface area contributed by atoms with Gasteiger partial charge in [0.15, 0.2) is 0 Å². The molecule has 0 radical (unpaired) electrons. The summed E-state index contributed by atoms with van der Waals surface area (Å²) < 4.78 is 5.27. The van der Waals surface area contributed by atoms with E-state index < -0.39 is 5.60 Å². The first-order chi connectivity index (χ1) is 9.30. The first-order valence-corrected chi connectivity index (χ1v) is 7.64. The van der Waals surface area contributed by atoms with E-state index in [4.69, 9.17) is 9.84 Å². The maximum atomic E-state index is 11.7. The smallest absolute Gasteiger partial charge is 0.407 e. The lowest BCUT2D eigenvalue weighted by atomic mass is 10.1. The Kier molecular flexibility index (Phi) is 6.76. The SMILES string of the molecule is CC(CCO)CNC1CCC(NC(=O)OC(C)(C)C)C1. The predicted octanol–water partition coefficient (Wildman–Crippen LogP) is 2.04. The van der Waals surface area contributed by atoms with Crippen molar-refractivity contribution < 1.29 is 14.6 Å². The van der Waals surface area contributed by atoms with Crippen LogP contribution in [0.3, 0.4) is 0 Å². The average Bonchev–Trinajstić information content (AvgIpc) is 2.71. The molecule has 0 aliphatic heterocycles. The first-order valence-electron chi connectivity index (χ1n) is 7.64. The number of aliphatic hydroxyl groups excluding tert-OH is 1. The molecule has 3 atom stereocenters. The molecule has 1 aliphatic carbocycles. The zero-order chi connectivity index (χ0) is 15.2. The van der Waals surface area contributed by atoms with Gasteiger partial charge in [0.25, 0.3) is 0 Å². The molecule has 3 N–H and O–H groups in total. The van der Waals surface area contributed by atoms with Crippen LogP contribution in [0.25, 0.3) is 0 Å². The van der Waals surface area contributed by atoms with Gasteiger partial charge in [-0.15, -0.1) is 0 Å². The highest BCUT2D eigenvalue weighted by Crippen LogP contribution is 2.20. The minimum atomic E-state index is -0.444. The molecule has 0 aromatic heterocycles. The van der Waals surface area contributed by atoms with Gasteiger partial charge >= 0.3 is 6.09 Å². The number of nitrogens with one attached hydrogen (secondary N) is 2. The first kappa shape index (κ1) is 17.2. The zero-order valence-corrected chi connectivity index (χ0v) is 13.2. The van der Waals surface area contributed by atoms with Crippen LogP contribution in [0.5, 0.6) is 0 Å². The van der Waals surface area contributed by atoms with Crippen LogP contribution in [0.2, 0.25) is 0 Å². The second-order valence-electron chi connectivity index (χ2n) is 6.88. The quantitative estimate of drug-likeness (QED) is 0.699. The van der Waals surface area contributed by atoms with Crippen molar-refractivity contribution in [1.82, 2.24) is 10.6 Å². The van der Waals surface area contributed by atoms with Crippen LogP contribution in [0.4, 0.5) is 4.79 Å². The van der Waals surface area contributed by atoms with E-state index in [9.17, 15) is 4.79 Å². The molecule has 118 valence electrons. The van der Waals surface area contributed by atoms with Crippen LogP contribution in [-0.2, 0) is 4.74 Å². The van der Waals surface area contributed by atoms with Gasteiger partial charge in [0.1, 0.15) is 5.60 Å². The summed E-state index contributed by atoms with van der Waals surface area (Å²) in [5.41, 5.74) is -0.444. The van der Waals surface area contributed by atoms with Crippen molar-refractivity contribution in [3.05, 3.63) is 0 Å². The molecule has 1 rings (SSSR count). The molecule has 0 heterocycles. The molecule has 0 bridgehead atoms. The van der Waals surface area contributed by atoms with E-state index in [2.05, 4.69) is 17.6 Å². The number of alkyl carbamates (subject to hydrolysis) is 1. The van der Waals surface area contributed by atoms with Crippen molar-refractivity contribution in [3.8, 4) is 0 Å². The van der Waals surface area contributed by atoms with Gasteiger partial charge in [-0.05, 0) is 58.9 Å². The van der Waals surface area contributed by atoms with Crippen LogP contribution in [-0.4, -0.2) is 42.0 Å². The average molecular weight is 286 g/mol. The van der Waals surface area contributed by atoms with Crippen LogP contribution < -0.4 is 10.6 Å². The van der Waals surface area contributed by atoms with E-state index in [0.29, 0.717) is 12.0 Å². The molecule has 0 saturated heterocycles. The monoisotopic (exact) mass is 286 g/mol. The van der Waals surface area contributed by atoms with E-state index in [1.165, 1.54) is 0 Å². The molecule has 1 saturated carbocycles. The normalized spacial score (nSPS) is 24.4. The Morgan fingerprint density at radius 1 is 1.35 bits per heavy atom. The molecule has 20 heavy (non-hydrogen) atoms. The molecule has 3 unspecified atom stereocenters. The molecule has 1 aliphatic rings. The zero-order valence-electron chi connectivity index (χ0n) is 13.2. The van der Waals surface area contributed by atoms with Crippen LogP contribution in [0, 0.1) is 5.92 Å². The lowest BCUT2D eigenvalue weighted by Crippen LogP contribution is -2.39. The Labute approximate surface area is 122 Å². The van der Waals surface area contributed by atoms with E-state index in [0.717, 1.165) is 32.2 Å².